The molecule has 0 saturated carbocycles. The molecule has 0 fully saturated rings. The summed E-state index contributed by atoms with van der Waals surface area (Å²) in [7, 11) is 4.40. The lowest BCUT2D eigenvalue weighted by Gasteiger charge is -2.14. The topological polar surface area (TPSA) is 44.8 Å². The minimum Gasteiger partial charge on any atom is -0.493 e. The van der Waals surface area contributed by atoms with Crippen LogP contribution < -0.4 is 14.2 Å². The zero-order chi connectivity index (χ0) is 16.8. The lowest BCUT2D eigenvalue weighted by molar-refractivity contribution is 0.104. The zero-order valence-corrected chi connectivity index (χ0v) is 13.1. The largest absolute Gasteiger partial charge is 0.493 e. The maximum absolute atomic E-state index is 13.6. The van der Waals surface area contributed by atoms with Crippen LogP contribution in [0.3, 0.4) is 0 Å². The van der Waals surface area contributed by atoms with E-state index in [-0.39, 0.29) is 11.5 Å². The van der Waals surface area contributed by atoms with Crippen molar-refractivity contribution in [1.29, 1.82) is 0 Å². The number of ether oxygens (including phenoxy) is 3. The number of halogens is 1. The summed E-state index contributed by atoms with van der Waals surface area (Å²) in [4.78, 5) is 12.4. The van der Waals surface area contributed by atoms with Crippen LogP contribution in [0.4, 0.5) is 4.39 Å². The Morgan fingerprint density at radius 2 is 1.65 bits per heavy atom. The predicted octanol–water partition coefficient (Wildman–Crippen LogP) is 3.75. The van der Waals surface area contributed by atoms with Crippen LogP contribution in [0.15, 0.2) is 42.5 Å². The third-order valence-electron chi connectivity index (χ3n) is 3.29. The van der Waals surface area contributed by atoms with Crippen molar-refractivity contribution >= 4 is 11.9 Å². The number of carbonyl (C=O) groups excluding carboxylic acids is 1. The van der Waals surface area contributed by atoms with E-state index in [1.54, 1.807) is 30.3 Å². The van der Waals surface area contributed by atoms with Crippen molar-refractivity contribution in [2.75, 3.05) is 21.3 Å². The lowest BCUT2D eigenvalue weighted by atomic mass is 10.1. The molecule has 0 radical (unpaired) electrons. The minimum absolute atomic E-state index is 0.273. The van der Waals surface area contributed by atoms with Crippen LogP contribution >= 0.6 is 0 Å². The van der Waals surface area contributed by atoms with Gasteiger partial charge >= 0.3 is 0 Å². The highest BCUT2D eigenvalue weighted by molar-refractivity contribution is 6.09. The van der Waals surface area contributed by atoms with Crippen LogP contribution in [-0.2, 0) is 0 Å². The molecule has 0 saturated heterocycles. The molecule has 0 bridgehead atoms. The Kier molecular flexibility index (Phi) is 5.36. The molecule has 0 aliphatic heterocycles. The second-order valence-corrected chi connectivity index (χ2v) is 4.60. The smallest absolute Gasteiger partial charge is 0.204 e. The fourth-order valence-electron chi connectivity index (χ4n) is 2.16. The molecule has 2 aromatic rings. The molecule has 4 nitrogen and oxygen atoms in total. The number of allylic oxidation sites excluding steroid dienone is 1. The average Bonchev–Trinajstić information content (AvgIpc) is 2.59. The Balaban J connectivity index is 2.38. The van der Waals surface area contributed by atoms with Gasteiger partial charge in [-0.1, -0.05) is 18.2 Å². The normalized spacial score (nSPS) is 10.6. The van der Waals surface area contributed by atoms with Crippen molar-refractivity contribution in [1.82, 2.24) is 0 Å². The number of rotatable bonds is 6. The van der Waals surface area contributed by atoms with Crippen molar-refractivity contribution < 1.29 is 23.4 Å². The molecule has 0 spiro atoms. The second kappa shape index (κ2) is 7.45. The highest BCUT2D eigenvalue weighted by Crippen LogP contribution is 2.40. The second-order valence-electron chi connectivity index (χ2n) is 4.60. The quantitative estimate of drug-likeness (QED) is 0.601. The molecule has 2 rings (SSSR count). The molecule has 0 heterocycles. The molecule has 0 amide bonds. The Bertz CT molecular complexity index is 738. The van der Waals surface area contributed by atoms with Gasteiger partial charge in [0.1, 0.15) is 5.82 Å². The zero-order valence-electron chi connectivity index (χ0n) is 13.1. The van der Waals surface area contributed by atoms with E-state index in [2.05, 4.69) is 0 Å². The Hall–Kier alpha value is -2.82. The van der Waals surface area contributed by atoms with Gasteiger partial charge in [-0.3, -0.25) is 4.79 Å². The third kappa shape index (κ3) is 3.51. The van der Waals surface area contributed by atoms with Gasteiger partial charge in [0.15, 0.2) is 17.3 Å². The first-order valence-electron chi connectivity index (χ1n) is 6.88. The lowest BCUT2D eigenvalue weighted by Crippen LogP contribution is -2.03. The minimum atomic E-state index is -0.393. The van der Waals surface area contributed by atoms with E-state index in [4.69, 9.17) is 14.2 Å². The maximum Gasteiger partial charge on any atom is 0.204 e. The van der Waals surface area contributed by atoms with Gasteiger partial charge < -0.3 is 14.2 Å². The maximum atomic E-state index is 13.6. The van der Waals surface area contributed by atoms with E-state index in [0.717, 1.165) is 0 Å². The van der Waals surface area contributed by atoms with E-state index in [1.807, 2.05) is 0 Å². The van der Waals surface area contributed by atoms with Gasteiger partial charge in [0.25, 0.3) is 0 Å². The third-order valence-corrected chi connectivity index (χ3v) is 3.29. The number of carbonyl (C=O) groups is 1. The fraction of sp³-hybridized carbons (Fsp3) is 0.167. The van der Waals surface area contributed by atoms with Crippen LogP contribution in [0.1, 0.15) is 15.9 Å². The summed E-state index contributed by atoms with van der Waals surface area (Å²) >= 11 is 0. The number of benzene rings is 2. The summed E-state index contributed by atoms with van der Waals surface area (Å²) in [5, 5.41) is 0. The summed E-state index contributed by atoms with van der Waals surface area (Å²) in [6, 6.07) is 9.40. The van der Waals surface area contributed by atoms with Crippen LogP contribution in [0.2, 0.25) is 0 Å². The van der Waals surface area contributed by atoms with Crippen molar-refractivity contribution in [3.05, 3.63) is 59.4 Å². The molecule has 0 aliphatic rings. The van der Waals surface area contributed by atoms with Crippen LogP contribution in [-0.4, -0.2) is 27.1 Å². The van der Waals surface area contributed by atoms with Gasteiger partial charge in [0.2, 0.25) is 5.75 Å². The highest BCUT2D eigenvalue weighted by Gasteiger charge is 2.19. The SMILES string of the molecule is COc1ccc(C(=O)/C=C/c2ccccc2F)c(OC)c1OC. The molecular weight excluding hydrogens is 299 g/mol. The molecule has 5 heteroatoms. The van der Waals surface area contributed by atoms with Crippen molar-refractivity contribution in [3.63, 3.8) is 0 Å². The van der Waals surface area contributed by atoms with Gasteiger partial charge in [-0.25, -0.2) is 4.39 Å². The number of hydrogen-bond donors (Lipinski definition) is 0. The summed E-state index contributed by atoms with van der Waals surface area (Å²) in [6.45, 7) is 0. The van der Waals surface area contributed by atoms with E-state index >= 15 is 0 Å². The van der Waals surface area contributed by atoms with Crippen molar-refractivity contribution in [3.8, 4) is 17.2 Å². The summed E-state index contributed by atoms with van der Waals surface area (Å²) in [6.07, 6.45) is 2.72. The van der Waals surface area contributed by atoms with E-state index < -0.39 is 5.82 Å². The molecule has 23 heavy (non-hydrogen) atoms. The van der Waals surface area contributed by atoms with E-state index in [9.17, 15) is 9.18 Å². The van der Waals surface area contributed by atoms with Crippen LogP contribution in [0, 0.1) is 5.82 Å². The highest BCUT2D eigenvalue weighted by atomic mass is 19.1. The first kappa shape index (κ1) is 16.5. The first-order chi connectivity index (χ1) is 11.1. The predicted molar refractivity (Wildman–Crippen MR) is 85.9 cm³/mol. The van der Waals surface area contributed by atoms with Gasteiger partial charge in [0, 0.05) is 5.56 Å². The summed E-state index contributed by atoms with van der Waals surface area (Å²) < 4.78 is 29.3. The molecule has 0 aromatic heterocycles. The number of methoxy groups -OCH3 is 3. The number of hydrogen-bond acceptors (Lipinski definition) is 4. The first-order valence-corrected chi connectivity index (χ1v) is 6.88. The molecule has 2 aromatic carbocycles. The van der Waals surface area contributed by atoms with Crippen molar-refractivity contribution in [2.45, 2.75) is 0 Å². The average molecular weight is 316 g/mol. The van der Waals surface area contributed by atoms with Gasteiger partial charge in [-0.2, -0.15) is 0 Å². The number of ketones is 1. The Morgan fingerprint density at radius 3 is 2.26 bits per heavy atom. The van der Waals surface area contributed by atoms with Crippen LogP contribution in [0.25, 0.3) is 6.08 Å². The van der Waals surface area contributed by atoms with Gasteiger partial charge in [-0.15, -0.1) is 0 Å². The Labute approximate surface area is 134 Å². The Morgan fingerprint density at radius 1 is 0.957 bits per heavy atom. The van der Waals surface area contributed by atoms with E-state index in [1.165, 1.54) is 39.5 Å². The standard InChI is InChI=1S/C18H17FO4/c1-21-16-11-9-13(17(22-2)18(16)23-3)15(20)10-8-12-6-4-5-7-14(12)19/h4-11H,1-3H3/b10-8+. The molecule has 0 aliphatic carbocycles. The molecule has 0 N–H and O–H groups in total. The monoisotopic (exact) mass is 316 g/mol. The van der Waals surface area contributed by atoms with Crippen LogP contribution in [0.5, 0.6) is 17.2 Å². The molecule has 0 unspecified atom stereocenters. The molecule has 0 atom stereocenters. The molecular formula is C18H17FO4. The molecule has 120 valence electrons. The van der Waals surface area contributed by atoms with Gasteiger partial charge in [0.05, 0.1) is 26.9 Å². The van der Waals surface area contributed by atoms with E-state index in [0.29, 0.717) is 22.6 Å². The summed E-state index contributed by atoms with van der Waals surface area (Å²) in [5.74, 6) is 0.344. The van der Waals surface area contributed by atoms with Crippen molar-refractivity contribution in [2.24, 2.45) is 0 Å². The van der Waals surface area contributed by atoms with Gasteiger partial charge in [-0.05, 0) is 30.4 Å². The summed E-state index contributed by atoms with van der Waals surface area (Å²) in [5.41, 5.74) is 0.637. The fourth-order valence-corrected chi connectivity index (χ4v) is 2.16.